The predicted octanol–water partition coefficient (Wildman–Crippen LogP) is 3.77. The van der Waals surface area contributed by atoms with E-state index in [1.807, 2.05) is 53.7 Å². The molecule has 1 fully saturated rings. The number of nitrogens with one attached hydrogen (secondary N) is 1. The highest BCUT2D eigenvalue weighted by Gasteiger charge is 2.19. The van der Waals surface area contributed by atoms with Gasteiger partial charge in [0.15, 0.2) is 0 Å². The van der Waals surface area contributed by atoms with E-state index in [4.69, 9.17) is 9.47 Å². The van der Waals surface area contributed by atoms with Gasteiger partial charge in [-0.25, -0.2) is 9.97 Å². The van der Waals surface area contributed by atoms with Crippen LogP contribution in [0.25, 0.3) is 33.3 Å². The van der Waals surface area contributed by atoms with Gasteiger partial charge in [0.05, 0.1) is 20.3 Å². The van der Waals surface area contributed by atoms with Crippen molar-refractivity contribution >= 4 is 16.9 Å². The van der Waals surface area contributed by atoms with Gasteiger partial charge in [0.1, 0.15) is 5.65 Å². The van der Waals surface area contributed by atoms with Gasteiger partial charge in [-0.15, -0.1) is 0 Å². The van der Waals surface area contributed by atoms with Gasteiger partial charge in [-0.1, -0.05) is 12.1 Å². The molecule has 1 aromatic carbocycles. The normalized spacial score (nSPS) is 14.0. The van der Waals surface area contributed by atoms with Gasteiger partial charge in [-0.05, 0) is 35.9 Å². The number of aromatic amines is 1. The Morgan fingerprint density at radius 2 is 1.94 bits per heavy atom. The summed E-state index contributed by atoms with van der Waals surface area (Å²) in [5, 5.41) is 0.966. The van der Waals surface area contributed by atoms with Crippen LogP contribution in [0.4, 0.5) is 0 Å². The van der Waals surface area contributed by atoms with Crippen LogP contribution in [-0.4, -0.2) is 59.2 Å². The number of benzene rings is 1. The Kier molecular flexibility index (Phi) is 5.09. The van der Waals surface area contributed by atoms with Crippen LogP contribution in [-0.2, 0) is 4.74 Å². The molecule has 7 nitrogen and oxygen atoms in total. The summed E-state index contributed by atoms with van der Waals surface area (Å²) in [7, 11) is 1.61. The van der Waals surface area contributed by atoms with Gasteiger partial charge in [-0.2, -0.15) is 0 Å². The van der Waals surface area contributed by atoms with Gasteiger partial charge in [0.2, 0.25) is 5.88 Å². The third-order valence-electron chi connectivity index (χ3n) is 5.53. The number of fused-ring (bicyclic) bond motifs is 1. The number of carbonyl (C=O) groups excluding carboxylic acids is 1. The summed E-state index contributed by atoms with van der Waals surface area (Å²) in [4.78, 5) is 26.9. The van der Waals surface area contributed by atoms with Crippen LogP contribution < -0.4 is 4.74 Å². The smallest absolute Gasteiger partial charge is 0.254 e. The van der Waals surface area contributed by atoms with Crippen molar-refractivity contribution in [3.63, 3.8) is 0 Å². The number of carbonyl (C=O) groups is 1. The third kappa shape index (κ3) is 3.64. The van der Waals surface area contributed by atoms with E-state index in [2.05, 4.69) is 21.0 Å². The topological polar surface area (TPSA) is 80.3 Å². The van der Waals surface area contributed by atoms with E-state index in [0.29, 0.717) is 37.7 Å². The average Bonchev–Trinajstić information content (AvgIpc) is 3.27. The molecule has 7 heteroatoms. The van der Waals surface area contributed by atoms with E-state index in [9.17, 15) is 4.79 Å². The Morgan fingerprint density at radius 1 is 1.06 bits per heavy atom. The maximum absolute atomic E-state index is 12.9. The Morgan fingerprint density at radius 3 is 2.77 bits per heavy atom. The largest absolute Gasteiger partial charge is 0.481 e. The lowest BCUT2D eigenvalue weighted by molar-refractivity contribution is 0.0303. The van der Waals surface area contributed by atoms with E-state index >= 15 is 0 Å². The first kappa shape index (κ1) is 19.3. The Labute approximate surface area is 179 Å². The molecule has 0 bridgehead atoms. The number of pyridine rings is 2. The van der Waals surface area contributed by atoms with Crippen LogP contribution >= 0.6 is 0 Å². The summed E-state index contributed by atoms with van der Waals surface area (Å²) in [6.45, 7) is 2.41. The molecule has 0 radical (unpaired) electrons. The second-order valence-corrected chi connectivity index (χ2v) is 7.37. The van der Waals surface area contributed by atoms with Crippen molar-refractivity contribution in [2.24, 2.45) is 0 Å². The number of aromatic nitrogens is 3. The fourth-order valence-electron chi connectivity index (χ4n) is 3.92. The minimum Gasteiger partial charge on any atom is -0.481 e. The van der Waals surface area contributed by atoms with Crippen LogP contribution in [0.1, 0.15) is 10.4 Å². The molecule has 5 rings (SSSR count). The quantitative estimate of drug-likeness (QED) is 0.550. The van der Waals surface area contributed by atoms with Crippen molar-refractivity contribution in [2.75, 3.05) is 33.4 Å². The Balaban J connectivity index is 1.53. The first-order valence-corrected chi connectivity index (χ1v) is 10.2. The fourth-order valence-corrected chi connectivity index (χ4v) is 3.92. The summed E-state index contributed by atoms with van der Waals surface area (Å²) in [5.41, 5.74) is 5.20. The molecule has 4 aromatic rings. The van der Waals surface area contributed by atoms with Crippen LogP contribution in [0.5, 0.6) is 5.88 Å². The van der Waals surface area contributed by atoms with Crippen molar-refractivity contribution in [1.82, 2.24) is 19.9 Å². The highest BCUT2D eigenvalue weighted by Crippen LogP contribution is 2.35. The molecule has 0 spiro atoms. The summed E-state index contributed by atoms with van der Waals surface area (Å²) in [5.74, 6) is 0.591. The number of hydrogen-bond acceptors (Lipinski definition) is 5. The number of morpholine rings is 1. The Bertz CT molecular complexity index is 1240. The highest BCUT2D eigenvalue weighted by atomic mass is 16.5. The molecular weight excluding hydrogens is 392 g/mol. The maximum atomic E-state index is 12.9. The van der Waals surface area contributed by atoms with Gasteiger partial charge >= 0.3 is 0 Å². The molecule has 156 valence electrons. The number of ether oxygens (including phenoxy) is 2. The first-order valence-electron chi connectivity index (χ1n) is 10.2. The van der Waals surface area contributed by atoms with Crippen molar-refractivity contribution in [3.8, 4) is 28.1 Å². The van der Waals surface area contributed by atoms with Gasteiger partial charge in [0, 0.05) is 59.3 Å². The highest BCUT2D eigenvalue weighted by molar-refractivity contribution is 5.98. The monoisotopic (exact) mass is 414 g/mol. The van der Waals surface area contributed by atoms with Gasteiger partial charge < -0.3 is 19.4 Å². The SMILES string of the molecule is COc1ncccc1-c1c[nH]c2ncc(-c3cccc(C(=O)N4CCOCC4)c3)cc12. The van der Waals surface area contributed by atoms with Crippen LogP contribution in [0, 0.1) is 0 Å². The summed E-state index contributed by atoms with van der Waals surface area (Å²) >= 11 is 0. The average molecular weight is 414 g/mol. The number of methoxy groups -OCH3 is 1. The molecule has 1 N–H and O–H groups in total. The summed E-state index contributed by atoms with van der Waals surface area (Å²) in [6, 6.07) is 13.6. The second-order valence-electron chi connectivity index (χ2n) is 7.37. The molecule has 4 heterocycles. The minimum absolute atomic E-state index is 0.0293. The molecule has 0 unspecified atom stereocenters. The molecule has 3 aromatic heterocycles. The van der Waals surface area contributed by atoms with E-state index in [0.717, 1.165) is 33.3 Å². The molecule has 1 saturated heterocycles. The number of amides is 1. The van der Waals surface area contributed by atoms with Crippen molar-refractivity contribution < 1.29 is 14.3 Å². The van der Waals surface area contributed by atoms with Gasteiger partial charge in [0.25, 0.3) is 5.91 Å². The second kappa shape index (κ2) is 8.20. The standard InChI is InChI=1S/C24H22N4O3/c1-30-23-19(6-3-7-25-23)21-15-27-22-20(21)13-18(14-26-22)16-4-2-5-17(12-16)24(29)28-8-10-31-11-9-28/h2-7,12-15H,8-11H2,1H3,(H,26,27). The van der Waals surface area contributed by atoms with E-state index in [1.165, 1.54) is 0 Å². The minimum atomic E-state index is 0.0293. The van der Waals surface area contributed by atoms with Crippen LogP contribution in [0.2, 0.25) is 0 Å². The molecular formula is C24H22N4O3. The third-order valence-corrected chi connectivity index (χ3v) is 5.53. The van der Waals surface area contributed by atoms with E-state index < -0.39 is 0 Å². The number of nitrogens with zero attached hydrogens (tertiary/aromatic N) is 3. The first-order chi connectivity index (χ1) is 15.2. The molecule has 0 saturated carbocycles. The molecule has 1 amide bonds. The fraction of sp³-hybridized carbons (Fsp3) is 0.208. The predicted molar refractivity (Wildman–Crippen MR) is 118 cm³/mol. The zero-order valence-electron chi connectivity index (χ0n) is 17.2. The number of H-pyrrole nitrogens is 1. The molecule has 1 aliphatic heterocycles. The zero-order valence-corrected chi connectivity index (χ0v) is 17.2. The number of hydrogen-bond donors (Lipinski definition) is 1. The lowest BCUT2D eigenvalue weighted by Gasteiger charge is -2.27. The van der Waals surface area contributed by atoms with E-state index in [1.54, 1.807) is 13.3 Å². The lowest BCUT2D eigenvalue weighted by atomic mass is 10.0. The summed E-state index contributed by atoms with van der Waals surface area (Å²) in [6.07, 6.45) is 5.44. The molecule has 0 atom stereocenters. The maximum Gasteiger partial charge on any atom is 0.254 e. The van der Waals surface area contributed by atoms with E-state index in [-0.39, 0.29) is 5.91 Å². The molecule has 1 aliphatic rings. The number of rotatable bonds is 4. The van der Waals surface area contributed by atoms with Crippen molar-refractivity contribution in [1.29, 1.82) is 0 Å². The van der Waals surface area contributed by atoms with Gasteiger partial charge in [-0.3, -0.25) is 4.79 Å². The Hall–Kier alpha value is -3.71. The van der Waals surface area contributed by atoms with Crippen LogP contribution in [0.15, 0.2) is 61.1 Å². The van der Waals surface area contributed by atoms with Crippen molar-refractivity contribution in [2.45, 2.75) is 0 Å². The summed E-state index contributed by atoms with van der Waals surface area (Å²) < 4.78 is 10.8. The molecule has 0 aliphatic carbocycles. The van der Waals surface area contributed by atoms with Crippen LogP contribution in [0.3, 0.4) is 0 Å². The zero-order chi connectivity index (χ0) is 21.2. The molecule has 31 heavy (non-hydrogen) atoms. The lowest BCUT2D eigenvalue weighted by Crippen LogP contribution is -2.40. The van der Waals surface area contributed by atoms with Crippen molar-refractivity contribution in [3.05, 3.63) is 66.6 Å².